The Kier molecular flexibility index (Phi) is 9.97. The number of imidazole rings is 1. The van der Waals surface area contributed by atoms with Crippen molar-refractivity contribution in [1.29, 1.82) is 0 Å². The standard InChI is InChI=1S/C39H47N5O11S2/c1-21-19-38(3,4)40-31-24(21)17-23-18-25-30(37-42(7)15-16-43(37)14-10-8-9-11-28(47)55-44-26(45)12-13-27(44)46)29-22(2)20-39(5,6)41-32(29)36(57(51,52)53)34(25)54-33(23)35(31)56(48,49)50/h15-18,21-22H,8-14,19-20H2,1-7H3,(H2-,40,41,48,49,50,51,52,53)/p+1. The van der Waals surface area contributed by atoms with Crippen molar-refractivity contribution < 1.29 is 54.5 Å². The summed E-state index contributed by atoms with van der Waals surface area (Å²) in [5.41, 5.74) is 0.930. The van der Waals surface area contributed by atoms with Gasteiger partial charge in [-0.15, -0.1) is 5.06 Å². The van der Waals surface area contributed by atoms with E-state index in [0.29, 0.717) is 77.0 Å². The monoisotopic (exact) mass is 826 g/mol. The van der Waals surface area contributed by atoms with Crippen molar-refractivity contribution in [3.8, 4) is 22.9 Å². The lowest BCUT2D eigenvalue weighted by Gasteiger charge is -2.40. The van der Waals surface area contributed by atoms with Crippen LogP contribution in [0.2, 0.25) is 0 Å². The smallest absolute Gasteiger partial charge is 0.333 e. The number of aryl methyl sites for hydroxylation is 2. The third-order valence-corrected chi connectivity index (χ3v) is 12.9. The lowest BCUT2D eigenvalue weighted by molar-refractivity contribution is -0.659. The van der Waals surface area contributed by atoms with Gasteiger partial charge in [0, 0.05) is 35.6 Å². The van der Waals surface area contributed by atoms with Crippen molar-refractivity contribution >= 4 is 49.8 Å². The number of nitrogens with one attached hydrogen (secondary N) is 1. The maximum atomic E-state index is 13.5. The van der Waals surface area contributed by atoms with Crippen molar-refractivity contribution in [3.05, 3.63) is 45.7 Å². The molecule has 0 spiro atoms. The van der Waals surface area contributed by atoms with E-state index in [1.54, 1.807) is 12.1 Å². The van der Waals surface area contributed by atoms with Gasteiger partial charge in [-0.1, -0.05) is 13.8 Å². The first-order valence-corrected chi connectivity index (χ1v) is 21.9. The Morgan fingerprint density at radius 3 is 2.30 bits per heavy atom. The molecule has 57 heavy (non-hydrogen) atoms. The van der Waals surface area contributed by atoms with E-state index < -0.39 is 58.9 Å². The quantitative estimate of drug-likeness (QED) is 0.0889. The molecular formula is C39H48N5O11S2+. The Morgan fingerprint density at radius 1 is 0.982 bits per heavy atom. The van der Waals surface area contributed by atoms with Crippen LogP contribution in [0.15, 0.2) is 33.2 Å². The van der Waals surface area contributed by atoms with Crippen LogP contribution in [0.25, 0.3) is 17.5 Å². The van der Waals surface area contributed by atoms with E-state index in [2.05, 4.69) is 5.32 Å². The molecule has 4 aliphatic heterocycles. The number of ether oxygens (including phenoxy) is 1. The van der Waals surface area contributed by atoms with Crippen LogP contribution in [0.4, 0.5) is 5.69 Å². The summed E-state index contributed by atoms with van der Waals surface area (Å²) in [7, 11) is -8.18. The molecule has 0 aliphatic carbocycles. The summed E-state index contributed by atoms with van der Waals surface area (Å²) in [5, 5.41) is 4.21. The molecule has 4 aliphatic rings. The first kappa shape index (κ1) is 40.5. The molecule has 0 saturated carbocycles. The zero-order valence-corrected chi connectivity index (χ0v) is 34.6. The Morgan fingerprint density at radius 2 is 1.65 bits per heavy atom. The van der Waals surface area contributed by atoms with Gasteiger partial charge in [0.1, 0.15) is 12.4 Å². The normalized spacial score (nSPS) is 20.6. The molecule has 7 rings (SSSR count). The summed E-state index contributed by atoms with van der Waals surface area (Å²) in [6.07, 6.45) is 8.25. The highest BCUT2D eigenvalue weighted by molar-refractivity contribution is 7.86. The average Bonchev–Trinajstić information content (AvgIpc) is 3.59. The minimum atomic E-state index is -5.04. The van der Waals surface area contributed by atoms with Gasteiger partial charge in [0.05, 0.1) is 35.7 Å². The van der Waals surface area contributed by atoms with Crippen molar-refractivity contribution in [3.63, 3.8) is 0 Å². The maximum Gasteiger partial charge on any atom is 0.333 e. The number of hydrogen-bond acceptors (Lipinski definition) is 11. The zero-order chi connectivity index (χ0) is 41.6. The van der Waals surface area contributed by atoms with Crippen LogP contribution in [0.5, 0.6) is 11.5 Å². The summed E-state index contributed by atoms with van der Waals surface area (Å²) in [6, 6.07) is 1.77. The number of hydroxylamine groups is 2. The van der Waals surface area contributed by atoms with Crippen LogP contribution < -0.4 is 25.2 Å². The van der Waals surface area contributed by atoms with Gasteiger partial charge in [-0.05, 0) is 94.9 Å². The summed E-state index contributed by atoms with van der Waals surface area (Å²) < 4.78 is 85.5. The molecule has 2 unspecified atom stereocenters. The van der Waals surface area contributed by atoms with Gasteiger partial charge >= 0.3 is 5.97 Å². The van der Waals surface area contributed by atoms with Gasteiger partial charge in [0.2, 0.25) is 0 Å². The third kappa shape index (κ3) is 7.47. The van der Waals surface area contributed by atoms with Crippen LogP contribution in [0, 0.1) is 0 Å². The molecule has 1 aromatic heterocycles. The number of unbranched alkanes of at least 4 members (excludes halogenated alkanes) is 2. The van der Waals surface area contributed by atoms with Gasteiger partial charge < -0.3 is 14.9 Å². The zero-order valence-electron chi connectivity index (χ0n) is 33.0. The number of amides is 2. The first-order chi connectivity index (χ1) is 26.5. The van der Waals surface area contributed by atoms with E-state index in [4.69, 9.17) is 14.6 Å². The van der Waals surface area contributed by atoms with E-state index in [1.807, 2.05) is 70.1 Å². The van der Waals surface area contributed by atoms with Gasteiger partial charge in [-0.25, -0.2) is 13.9 Å². The van der Waals surface area contributed by atoms with E-state index in [1.165, 1.54) is 0 Å². The number of hydrogen-bond donors (Lipinski definition) is 3. The lowest BCUT2D eigenvalue weighted by atomic mass is 9.78. The van der Waals surface area contributed by atoms with E-state index in [9.17, 15) is 40.3 Å². The molecule has 0 bridgehead atoms. The van der Waals surface area contributed by atoms with Crippen molar-refractivity contribution in [2.45, 2.75) is 132 Å². The highest BCUT2D eigenvalue weighted by atomic mass is 32.2. The van der Waals surface area contributed by atoms with Gasteiger partial charge in [-0.3, -0.25) is 23.7 Å². The van der Waals surface area contributed by atoms with E-state index in [-0.39, 0.29) is 53.6 Å². The summed E-state index contributed by atoms with van der Waals surface area (Å²) >= 11 is 0. The van der Waals surface area contributed by atoms with Gasteiger partial charge in [0.25, 0.3) is 37.9 Å². The predicted octanol–water partition coefficient (Wildman–Crippen LogP) is 4.18. The molecule has 0 radical (unpaired) electrons. The Bertz CT molecular complexity index is 2600. The minimum Gasteiger partial charge on any atom is -0.453 e. The number of imide groups is 1. The summed E-state index contributed by atoms with van der Waals surface area (Å²) in [5.74, 6) is -2.08. The van der Waals surface area contributed by atoms with Gasteiger partial charge in [0.15, 0.2) is 21.3 Å². The Labute approximate surface area is 331 Å². The molecule has 18 heteroatoms. The molecule has 2 atom stereocenters. The van der Waals surface area contributed by atoms with Crippen molar-refractivity contribution in [2.75, 3.05) is 5.32 Å². The molecule has 1 saturated heterocycles. The number of carbonyl (C=O) groups excluding carboxylic acids is 3. The van der Waals surface area contributed by atoms with Crippen LogP contribution in [0.3, 0.4) is 0 Å². The fraction of sp³-hybridized carbons (Fsp3) is 0.513. The molecule has 16 nitrogen and oxygen atoms in total. The number of fused-ring (bicyclic) bond motifs is 4. The van der Waals surface area contributed by atoms with Crippen molar-refractivity contribution in [2.24, 2.45) is 12.0 Å². The summed E-state index contributed by atoms with van der Waals surface area (Å²) in [4.78, 5) is 44.7. The van der Waals surface area contributed by atoms with Crippen molar-refractivity contribution in [1.82, 2.24) is 9.63 Å². The number of aromatic nitrogens is 2. The molecule has 306 valence electrons. The highest BCUT2D eigenvalue weighted by Crippen LogP contribution is 2.54. The van der Waals surface area contributed by atoms with Crippen LogP contribution >= 0.6 is 0 Å². The second-order valence-corrected chi connectivity index (χ2v) is 19.6. The average molecular weight is 827 g/mol. The number of benzene rings is 2. The Balaban J connectivity index is 1.38. The molecule has 5 heterocycles. The molecule has 2 aromatic carbocycles. The minimum absolute atomic E-state index is 0.00477. The molecule has 1 fully saturated rings. The summed E-state index contributed by atoms with van der Waals surface area (Å²) in [6.45, 7) is 11.9. The SMILES string of the molecule is CC1CC(C)(C)Nc2c1c(-c1n(CCCCCC(=O)ON3C(=O)CCC3=O)cc[n+]1C)c1c(c2S(=O)(=O)O)Oc2c(S(=O)(=O)O)c3c(cc2=C1)C(C)CC(C)(C)N=3. The number of anilines is 1. The van der Waals surface area contributed by atoms with E-state index in [0.717, 1.165) is 0 Å². The van der Waals surface area contributed by atoms with Crippen LogP contribution in [-0.4, -0.2) is 64.4 Å². The highest BCUT2D eigenvalue weighted by Gasteiger charge is 2.44. The largest absolute Gasteiger partial charge is 0.453 e. The second-order valence-electron chi connectivity index (χ2n) is 16.9. The lowest BCUT2D eigenvalue weighted by Crippen LogP contribution is -2.39. The number of rotatable bonds is 10. The second kappa shape index (κ2) is 14.0. The molecule has 3 N–H and O–H groups in total. The Hall–Kier alpha value is -4.65. The number of nitrogens with zero attached hydrogens (tertiary/aromatic N) is 4. The number of carbonyl (C=O) groups is 3. The topological polar surface area (TPSA) is 215 Å². The molecular weight excluding hydrogens is 779 g/mol. The van der Waals surface area contributed by atoms with Gasteiger partial charge in [-0.2, -0.15) is 16.8 Å². The molecule has 3 aromatic rings. The maximum absolute atomic E-state index is 13.5. The fourth-order valence-electron chi connectivity index (χ4n) is 8.98. The first-order valence-electron chi connectivity index (χ1n) is 19.0. The predicted molar refractivity (Wildman–Crippen MR) is 205 cm³/mol. The van der Waals surface area contributed by atoms with Crippen LogP contribution in [-0.2, 0) is 53.0 Å². The molecule has 2 amide bonds. The van der Waals surface area contributed by atoms with Crippen LogP contribution in [0.1, 0.15) is 121 Å². The fourth-order valence-corrected chi connectivity index (χ4v) is 10.6. The third-order valence-electron chi connectivity index (χ3n) is 11.1. The van der Waals surface area contributed by atoms with E-state index >= 15 is 0 Å².